The van der Waals surface area contributed by atoms with Crippen LogP contribution in [-0.2, 0) is 9.59 Å². The highest BCUT2D eigenvalue weighted by Gasteiger charge is 2.11. The second-order valence-corrected chi connectivity index (χ2v) is 4.37. The minimum atomic E-state index is -0.498. The largest absolute Gasteiger partial charge is 0.495 e. The molecule has 0 atom stereocenters. The van der Waals surface area contributed by atoms with Crippen molar-refractivity contribution < 1.29 is 14.3 Å². The van der Waals surface area contributed by atoms with E-state index in [0.29, 0.717) is 18.0 Å². The van der Waals surface area contributed by atoms with Crippen LogP contribution in [-0.4, -0.2) is 30.6 Å². The van der Waals surface area contributed by atoms with Gasteiger partial charge in [0.05, 0.1) is 12.8 Å². The van der Waals surface area contributed by atoms with Gasteiger partial charge in [-0.2, -0.15) is 0 Å². The molecule has 0 aliphatic carbocycles. The van der Waals surface area contributed by atoms with Gasteiger partial charge in [-0.15, -0.1) is 0 Å². The van der Waals surface area contributed by atoms with Gasteiger partial charge in [-0.25, -0.2) is 0 Å². The van der Waals surface area contributed by atoms with Crippen LogP contribution in [0.5, 0.6) is 5.75 Å². The van der Waals surface area contributed by atoms with E-state index in [-0.39, 0.29) is 11.5 Å². The first-order valence-electron chi connectivity index (χ1n) is 6.32. The second-order valence-electron chi connectivity index (χ2n) is 3.96. The maximum absolute atomic E-state index is 11.8. The summed E-state index contributed by atoms with van der Waals surface area (Å²) >= 11 is 4.87. The molecule has 8 heteroatoms. The molecule has 0 unspecified atom stereocenters. The summed E-state index contributed by atoms with van der Waals surface area (Å²) in [6.45, 7) is 2.51. The number of hydrogen-bond acceptors (Lipinski definition) is 4. The van der Waals surface area contributed by atoms with Gasteiger partial charge in [0.2, 0.25) is 11.8 Å². The van der Waals surface area contributed by atoms with Gasteiger partial charge in [-0.1, -0.05) is 12.1 Å². The molecule has 0 radical (unpaired) electrons. The van der Waals surface area contributed by atoms with Crippen LogP contribution in [0.4, 0.5) is 5.69 Å². The zero-order chi connectivity index (χ0) is 15.7. The third-order valence-corrected chi connectivity index (χ3v) is 2.60. The van der Waals surface area contributed by atoms with E-state index >= 15 is 0 Å². The number of para-hydroxylation sites is 2. The van der Waals surface area contributed by atoms with E-state index in [0.717, 1.165) is 0 Å². The first-order valence-corrected chi connectivity index (χ1v) is 6.73. The molecule has 0 saturated heterocycles. The topological polar surface area (TPSA) is 91.5 Å². The monoisotopic (exact) mass is 310 g/mol. The van der Waals surface area contributed by atoms with E-state index < -0.39 is 11.8 Å². The summed E-state index contributed by atoms with van der Waals surface area (Å²) in [5.41, 5.74) is 5.33. The first kappa shape index (κ1) is 16.7. The van der Waals surface area contributed by atoms with E-state index in [9.17, 15) is 9.59 Å². The van der Waals surface area contributed by atoms with Crippen molar-refractivity contribution in [1.82, 2.24) is 16.2 Å². The number of ether oxygens (including phenoxy) is 1. The Labute approximate surface area is 128 Å². The molecular weight excluding hydrogens is 292 g/mol. The molecule has 7 nitrogen and oxygen atoms in total. The Kier molecular flexibility index (Phi) is 6.96. The highest BCUT2D eigenvalue weighted by molar-refractivity contribution is 7.80. The lowest BCUT2D eigenvalue weighted by Gasteiger charge is -2.11. The molecule has 1 aromatic carbocycles. The summed E-state index contributed by atoms with van der Waals surface area (Å²) in [5.74, 6) is -0.423. The summed E-state index contributed by atoms with van der Waals surface area (Å²) in [7, 11) is 1.50. The number of nitrogens with one attached hydrogen (secondary N) is 4. The maximum Gasteiger partial charge on any atom is 0.247 e. The molecule has 1 rings (SSSR count). The summed E-state index contributed by atoms with van der Waals surface area (Å²) < 4.78 is 5.10. The van der Waals surface area contributed by atoms with Gasteiger partial charge < -0.3 is 15.4 Å². The molecule has 114 valence electrons. The molecule has 1 aromatic rings. The third kappa shape index (κ3) is 6.09. The summed E-state index contributed by atoms with van der Waals surface area (Å²) in [4.78, 5) is 23.3. The maximum atomic E-state index is 11.8. The number of amides is 2. The fourth-order valence-corrected chi connectivity index (χ4v) is 1.66. The minimum absolute atomic E-state index is 0.288. The summed E-state index contributed by atoms with van der Waals surface area (Å²) in [6.07, 6.45) is -0.334. The van der Waals surface area contributed by atoms with Gasteiger partial charge in [0.1, 0.15) is 12.2 Å². The van der Waals surface area contributed by atoms with Crippen molar-refractivity contribution in [1.29, 1.82) is 0 Å². The number of methoxy groups -OCH3 is 1. The first-order chi connectivity index (χ1) is 10.1. The Morgan fingerprint density at radius 2 is 1.90 bits per heavy atom. The molecule has 0 spiro atoms. The van der Waals surface area contributed by atoms with Gasteiger partial charge >= 0.3 is 0 Å². The van der Waals surface area contributed by atoms with Crippen LogP contribution in [0.1, 0.15) is 13.3 Å². The molecule has 21 heavy (non-hydrogen) atoms. The van der Waals surface area contributed by atoms with Crippen molar-refractivity contribution in [2.75, 3.05) is 19.0 Å². The van der Waals surface area contributed by atoms with Crippen molar-refractivity contribution in [3.05, 3.63) is 24.3 Å². The molecule has 0 fully saturated rings. The molecule has 0 saturated carbocycles. The van der Waals surface area contributed by atoms with Gasteiger partial charge in [-0.05, 0) is 31.3 Å². The van der Waals surface area contributed by atoms with Gasteiger partial charge in [0, 0.05) is 6.54 Å². The number of carbonyl (C=O) groups excluding carboxylic acids is 2. The van der Waals surface area contributed by atoms with Crippen LogP contribution in [0, 0.1) is 0 Å². The van der Waals surface area contributed by atoms with Gasteiger partial charge in [-0.3, -0.25) is 20.4 Å². The lowest BCUT2D eigenvalue weighted by Crippen LogP contribution is -2.47. The highest BCUT2D eigenvalue weighted by Crippen LogP contribution is 2.22. The molecule has 0 aliphatic heterocycles. The number of benzene rings is 1. The molecule has 0 aliphatic rings. The number of thiocarbonyl (C=S) groups is 1. The van der Waals surface area contributed by atoms with Crippen LogP contribution >= 0.6 is 12.2 Å². The lowest BCUT2D eigenvalue weighted by atomic mass is 10.2. The highest BCUT2D eigenvalue weighted by atomic mass is 32.1. The second kappa shape index (κ2) is 8.75. The molecule has 0 heterocycles. The average Bonchev–Trinajstić information content (AvgIpc) is 2.46. The Bertz CT molecular complexity index is 522. The fraction of sp³-hybridized carbons (Fsp3) is 0.308. The van der Waals surface area contributed by atoms with E-state index in [4.69, 9.17) is 17.0 Å². The van der Waals surface area contributed by atoms with Crippen molar-refractivity contribution in [3.63, 3.8) is 0 Å². The van der Waals surface area contributed by atoms with Crippen LogP contribution in [0.15, 0.2) is 24.3 Å². The van der Waals surface area contributed by atoms with Crippen LogP contribution < -0.4 is 26.2 Å². The van der Waals surface area contributed by atoms with Gasteiger partial charge in [0.25, 0.3) is 0 Å². The van der Waals surface area contributed by atoms with E-state index in [1.807, 2.05) is 6.92 Å². The van der Waals surface area contributed by atoms with E-state index in [1.165, 1.54) is 7.11 Å². The molecule has 4 N–H and O–H groups in total. The van der Waals surface area contributed by atoms with E-state index in [2.05, 4.69) is 21.5 Å². The molecule has 2 amide bonds. The molecule has 0 bridgehead atoms. The van der Waals surface area contributed by atoms with Crippen molar-refractivity contribution in [2.45, 2.75) is 13.3 Å². The predicted molar refractivity (Wildman–Crippen MR) is 83.8 cm³/mol. The number of rotatable bonds is 5. The Balaban J connectivity index is 2.43. The molecule has 0 aromatic heterocycles. The van der Waals surface area contributed by atoms with Crippen LogP contribution in [0.25, 0.3) is 0 Å². The normalized spacial score (nSPS) is 9.43. The minimum Gasteiger partial charge on any atom is -0.495 e. The Hall–Kier alpha value is -2.35. The third-order valence-electron chi connectivity index (χ3n) is 2.35. The van der Waals surface area contributed by atoms with Gasteiger partial charge in [0.15, 0.2) is 5.11 Å². The van der Waals surface area contributed by atoms with Crippen molar-refractivity contribution in [3.8, 4) is 5.75 Å². The Morgan fingerprint density at radius 1 is 1.19 bits per heavy atom. The zero-order valence-corrected chi connectivity index (χ0v) is 12.7. The zero-order valence-electron chi connectivity index (χ0n) is 11.9. The van der Waals surface area contributed by atoms with Crippen LogP contribution in [0.3, 0.4) is 0 Å². The number of hydrogen-bond donors (Lipinski definition) is 4. The average molecular weight is 310 g/mol. The standard InChI is InChI=1S/C13H18N4O3S/c1-3-14-13(21)17-16-12(19)8-11(18)15-9-6-4-5-7-10(9)20-2/h4-7H,3,8H2,1-2H3,(H,15,18)(H,16,19)(H2,14,17,21). The molecular formula is C13H18N4O3S. The summed E-state index contributed by atoms with van der Waals surface area (Å²) in [5, 5.41) is 5.69. The summed E-state index contributed by atoms with van der Waals surface area (Å²) in [6, 6.07) is 6.95. The fourth-order valence-electron chi connectivity index (χ4n) is 1.46. The van der Waals surface area contributed by atoms with E-state index in [1.54, 1.807) is 24.3 Å². The van der Waals surface area contributed by atoms with Crippen molar-refractivity contribution >= 4 is 34.8 Å². The van der Waals surface area contributed by atoms with Crippen LogP contribution in [0.2, 0.25) is 0 Å². The van der Waals surface area contributed by atoms with Crippen molar-refractivity contribution in [2.24, 2.45) is 0 Å². The Morgan fingerprint density at radius 3 is 2.57 bits per heavy atom. The number of carbonyl (C=O) groups is 2. The number of anilines is 1. The predicted octanol–water partition coefficient (Wildman–Crippen LogP) is 0.539. The lowest BCUT2D eigenvalue weighted by molar-refractivity contribution is -0.127. The smallest absolute Gasteiger partial charge is 0.247 e. The SMILES string of the molecule is CCNC(=S)NNC(=O)CC(=O)Nc1ccccc1OC. The number of hydrazine groups is 1. The quantitative estimate of drug-likeness (QED) is 0.360.